The Morgan fingerprint density at radius 3 is 2.79 bits per heavy atom. The van der Waals surface area contributed by atoms with E-state index < -0.39 is 11.6 Å². The second kappa shape index (κ2) is 6.18. The molecule has 0 aliphatic heterocycles. The molecule has 0 aliphatic carbocycles. The van der Waals surface area contributed by atoms with E-state index >= 15 is 0 Å². The van der Waals surface area contributed by atoms with Crippen molar-refractivity contribution in [3.05, 3.63) is 52.0 Å². The van der Waals surface area contributed by atoms with Crippen LogP contribution in [-0.4, -0.2) is 23.5 Å². The van der Waals surface area contributed by atoms with Crippen LogP contribution < -0.4 is 5.73 Å². The zero-order valence-electron chi connectivity index (χ0n) is 10.5. The lowest BCUT2D eigenvalue weighted by atomic mass is 10.0. The molecule has 6 heteroatoms. The van der Waals surface area contributed by atoms with Crippen LogP contribution in [0.15, 0.2) is 29.1 Å². The summed E-state index contributed by atoms with van der Waals surface area (Å²) in [6.07, 6.45) is 0. The van der Waals surface area contributed by atoms with E-state index in [1.807, 2.05) is 17.3 Å². The van der Waals surface area contributed by atoms with E-state index in [0.717, 1.165) is 11.8 Å². The number of nitrogens with zero attached hydrogens (tertiary/aromatic N) is 2. The summed E-state index contributed by atoms with van der Waals surface area (Å²) in [5.74, 6) is -1.15. The highest BCUT2D eigenvalue weighted by Crippen LogP contribution is 2.23. The van der Waals surface area contributed by atoms with Crippen LogP contribution in [0.4, 0.5) is 8.78 Å². The number of rotatable bonds is 5. The van der Waals surface area contributed by atoms with Gasteiger partial charge in [-0.25, -0.2) is 13.8 Å². The standard InChI is InChI=1S/C13H15F2N3S/c1-18(6-10-7-19-8-17-10)13(5-16)11-3-2-9(14)4-12(11)15/h2-4,7-8,13H,5-6,16H2,1H3. The van der Waals surface area contributed by atoms with Crippen molar-refractivity contribution in [1.29, 1.82) is 0 Å². The molecule has 1 unspecified atom stereocenters. The smallest absolute Gasteiger partial charge is 0.130 e. The van der Waals surface area contributed by atoms with Crippen molar-refractivity contribution in [3.63, 3.8) is 0 Å². The largest absolute Gasteiger partial charge is 0.329 e. The minimum atomic E-state index is -0.584. The fourth-order valence-electron chi connectivity index (χ4n) is 2.00. The third-order valence-corrected chi connectivity index (χ3v) is 3.61. The lowest BCUT2D eigenvalue weighted by Crippen LogP contribution is -2.31. The topological polar surface area (TPSA) is 42.2 Å². The molecule has 19 heavy (non-hydrogen) atoms. The van der Waals surface area contributed by atoms with E-state index in [-0.39, 0.29) is 12.6 Å². The van der Waals surface area contributed by atoms with Crippen molar-refractivity contribution < 1.29 is 8.78 Å². The molecule has 0 radical (unpaired) electrons. The molecule has 1 aromatic heterocycles. The molecular weight excluding hydrogens is 268 g/mol. The predicted molar refractivity (Wildman–Crippen MR) is 71.7 cm³/mol. The normalized spacial score (nSPS) is 12.9. The van der Waals surface area contributed by atoms with Gasteiger partial charge in [0.05, 0.1) is 17.2 Å². The number of aromatic nitrogens is 1. The molecule has 0 bridgehead atoms. The van der Waals surface area contributed by atoms with Gasteiger partial charge in [0.15, 0.2) is 0 Å². The maximum atomic E-state index is 13.8. The summed E-state index contributed by atoms with van der Waals surface area (Å²) in [5.41, 5.74) is 8.79. The van der Waals surface area contributed by atoms with Crippen LogP contribution in [0.1, 0.15) is 17.3 Å². The first-order chi connectivity index (χ1) is 9.11. The molecular formula is C13H15F2N3S. The summed E-state index contributed by atoms with van der Waals surface area (Å²) in [7, 11) is 1.85. The predicted octanol–water partition coefficient (Wildman–Crippen LogP) is 2.55. The van der Waals surface area contributed by atoms with Crippen LogP contribution in [0.3, 0.4) is 0 Å². The Morgan fingerprint density at radius 1 is 1.42 bits per heavy atom. The molecule has 0 spiro atoms. The third kappa shape index (κ3) is 3.34. The van der Waals surface area contributed by atoms with Gasteiger partial charge < -0.3 is 5.73 Å². The summed E-state index contributed by atoms with van der Waals surface area (Å²) in [4.78, 5) is 6.09. The fraction of sp³-hybridized carbons (Fsp3) is 0.308. The van der Waals surface area contributed by atoms with Crippen molar-refractivity contribution in [3.8, 4) is 0 Å². The number of nitrogens with two attached hydrogens (primary N) is 1. The van der Waals surface area contributed by atoms with Crippen LogP contribution in [-0.2, 0) is 6.54 Å². The molecule has 1 aromatic carbocycles. The van der Waals surface area contributed by atoms with Gasteiger partial charge in [-0.1, -0.05) is 6.07 Å². The van der Waals surface area contributed by atoms with Gasteiger partial charge in [0.1, 0.15) is 11.6 Å². The molecule has 1 heterocycles. The third-order valence-electron chi connectivity index (χ3n) is 2.97. The number of likely N-dealkylation sites (N-methyl/N-ethyl adjacent to an activating group) is 1. The summed E-state index contributed by atoms with van der Waals surface area (Å²) >= 11 is 1.51. The van der Waals surface area contributed by atoms with Crippen molar-refractivity contribution in [2.75, 3.05) is 13.6 Å². The van der Waals surface area contributed by atoms with Gasteiger partial charge in [-0.05, 0) is 13.1 Å². The molecule has 102 valence electrons. The highest BCUT2D eigenvalue weighted by atomic mass is 32.1. The Balaban J connectivity index is 2.18. The SMILES string of the molecule is CN(Cc1cscn1)C(CN)c1ccc(F)cc1F. The lowest BCUT2D eigenvalue weighted by molar-refractivity contribution is 0.234. The highest BCUT2D eigenvalue weighted by Gasteiger charge is 2.20. The Hall–Kier alpha value is -1.37. The second-order valence-corrected chi connectivity index (χ2v) is 5.03. The van der Waals surface area contributed by atoms with Crippen LogP contribution in [0.2, 0.25) is 0 Å². The van der Waals surface area contributed by atoms with E-state index in [0.29, 0.717) is 12.1 Å². The minimum Gasteiger partial charge on any atom is -0.329 e. The quantitative estimate of drug-likeness (QED) is 0.917. The minimum absolute atomic E-state index is 0.253. The molecule has 0 fully saturated rings. The number of hydrogen-bond acceptors (Lipinski definition) is 4. The Labute approximate surface area is 114 Å². The van der Waals surface area contributed by atoms with E-state index in [9.17, 15) is 8.78 Å². The Bertz CT molecular complexity index is 531. The summed E-state index contributed by atoms with van der Waals surface area (Å²) in [6.45, 7) is 0.825. The van der Waals surface area contributed by atoms with Crippen LogP contribution >= 0.6 is 11.3 Å². The molecule has 0 aliphatic rings. The first kappa shape index (κ1) is 14.0. The molecule has 3 nitrogen and oxygen atoms in total. The number of hydrogen-bond donors (Lipinski definition) is 1. The van der Waals surface area contributed by atoms with Crippen LogP contribution in [0.25, 0.3) is 0 Å². The second-order valence-electron chi connectivity index (χ2n) is 4.31. The summed E-state index contributed by atoms with van der Waals surface area (Å²) in [5, 5.41) is 1.94. The first-order valence-electron chi connectivity index (χ1n) is 5.84. The molecule has 0 saturated carbocycles. The average molecular weight is 283 g/mol. The average Bonchev–Trinajstić information content (AvgIpc) is 2.85. The van der Waals surface area contributed by atoms with Crippen molar-refractivity contribution in [2.24, 2.45) is 5.73 Å². The van der Waals surface area contributed by atoms with E-state index in [2.05, 4.69) is 4.98 Å². The van der Waals surface area contributed by atoms with Gasteiger partial charge in [-0.3, -0.25) is 4.90 Å². The van der Waals surface area contributed by atoms with Crippen molar-refractivity contribution in [2.45, 2.75) is 12.6 Å². The molecule has 2 aromatic rings. The van der Waals surface area contributed by atoms with Crippen LogP contribution in [0.5, 0.6) is 0 Å². The van der Waals surface area contributed by atoms with Crippen molar-refractivity contribution in [1.82, 2.24) is 9.88 Å². The number of benzene rings is 1. The molecule has 1 atom stereocenters. The van der Waals surface area contributed by atoms with Gasteiger partial charge in [0, 0.05) is 30.1 Å². The molecule has 0 saturated heterocycles. The van der Waals surface area contributed by atoms with Gasteiger partial charge in [-0.2, -0.15) is 0 Å². The monoisotopic (exact) mass is 283 g/mol. The number of thiazole rings is 1. The molecule has 2 rings (SSSR count). The van der Waals surface area contributed by atoms with Gasteiger partial charge in [0.2, 0.25) is 0 Å². The summed E-state index contributed by atoms with van der Waals surface area (Å²) in [6, 6.07) is 3.27. The molecule has 2 N–H and O–H groups in total. The van der Waals surface area contributed by atoms with E-state index in [1.54, 1.807) is 5.51 Å². The number of halogens is 2. The Kier molecular flexibility index (Phi) is 4.57. The van der Waals surface area contributed by atoms with Crippen LogP contribution in [0, 0.1) is 11.6 Å². The lowest BCUT2D eigenvalue weighted by Gasteiger charge is -2.27. The maximum Gasteiger partial charge on any atom is 0.130 e. The Morgan fingerprint density at radius 2 is 2.21 bits per heavy atom. The highest BCUT2D eigenvalue weighted by molar-refractivity contribution is 7.07. The van der Waals surface area contributed by atoms with Gasteiger partial charge >= 0.3 is 0 Å². The van der Waals surface area contributed by atoms with Crippen molar-refractivity contribution >= 4 is 11.3 Å². The first-order valence-corrected chi connectivity index (χ1v) is 6.78. The zero-order chi connectivity index (χ0) is 13.8. The van der Waals surface area contributed by atoms with E-state index in [1.165, 1.54) is 23.5 Å². The van der Waals surface area contributed by atoms with E-state index in [4.69, 9.17) is 5.73 Å². The van der Waals surface area contributed by atoms with Gasteiger partial charge in [0.25, 0.3) is 0 Å². The maximum absolute atomic E-state index is 13.8. The fourth-order valence-corrected chi connectivity index (χ4v) is 2.55. The molecule has 0 amide bonds. The van der Waals surface area contributed by atoms with Gasteiger partial charge in [-0.15, -0.1) is 11.3 Å². The summed E-state index contributed by atoms with van der Waals surface area (Å²) < 4.78 is 26.7. The zero-order valence-corrected chi connectivity index (χ0v) is 11.3.